The van der Waals surface area contributed by atoms with Crippen LogP contribution in [-0.2, 0) is 4.79 Å². The molecule has 0 aromatic heterocycles. The highest BCUT2D eigenvalue weighted by molar-refractivity contribution is 6.22. The van der Waals surface area contributed by atoms with Gasteiger partial charge in [0, 0.05) is 11.8 Å². The fourth-order valence-corrected chi connectivity index (χ4v) is 1.30. The highest BCUT2D eigenvalue weighted by Crippen LogP contribution is 2.34. The van der Waals surface area contributed by atoms with Gasteiger partial charge in [0.25, 0.3) is 5.91 Å². The van der Waals surface area contributed by atoms with Crippen LogP contribution in [0.1, 0.15) is 11.5 Å². The molecule has 0 spiro atoms. The molecule has 0 heterocycles. The van der Waals surface area contributed by atoms with Gasteiger partial charge in [-0.1, -0.05) is 30.3 Å². The Morgan fingerprint density at radius 3 is 2.20 bits per heavy atom. The molecule has 0 fully saturated rings. The average Bonchev–Trinajstić information content (AvgIpc) is 2.17. The molecule has 1 aromatic carbocycles. The van der Waals surface area contributed by atoms with E-state index in [2.05, 4.69) is 0 Å². The van der Waals surface area contributed by atoms with Crippen LogP contribution >= 0.6 is 11.8 Å². The van der Waals surface area contributed by atoms with Gasteiger partial charge in [0.15, 0.2) is 5.92 Å². The number of carbonyl (C=O) groups excluding carboxylic acids is 1. The summed E-state index contributed by atoms with van der Waals surface area (Å²) in [5.41, 5.74) is -0.136. The van der Waals surface area contributed by atoms with Gasteiger partial charge in [-0.25, -0.2) is 0 Å². The number of nitrogens with one attached hydrogen (secondary N) is 1. The van der Waals surface area contributed by atoms with Crippen molar-refractivity contribution in [1.29, 1.82) is 0 Å². The second-order valence-electron chi connectivity index (χ2n) is 2.84. The maximum Gasteiger partial charge on any atom is 0.404 e. The van der Waals surface area contributed by atoms with E-state index < -0.39 is 18.0 Å². The third-order valence-electron chi connectivity index (χ3n) is 1.82. The van der Waals surface area contributed by atoms with Crippen molar-refractivity contribution < 1.29 is 18.0 Å². The van der Waals surface area contributed by atoms with Gasteiger partial charge in [0.2, 0.25) is 0 Å². The summed E-state index contributed by atoms with van der Waals surface area (Å²) in [6, 6.07) is 6.87. The average molecular weight is 238 g/mol. The molecule has 6 heteroatoms. The van der Waals surface area contributed by atoms with Gasteiger partial charge >= 0.3 is 6.18 Å². The Kier molecular flexibility index (Phi) is 3.57. The summed E-state index contributed by atoms with van der Waals surface area (Å²) < 4.78 is 37.6. The number of benzene rings is 1. The summed E-state index contributed by atoms with van der Waals surface area (Å²) in [7, 11) is 0. The molecular weight excluding hydrogens is 231 g/mol. The van der Waals surface area contributed by atoms with Crippen LogP contribution in [0.15, 0.2) is 30.3 Å². The number of amides is 1. The largest absolute Gasteiger partial charge is 0.404 e. The fraction of sp³-hybridized carbons (Fsp3) is 0.222. The number of alkyl halides is 3. The summed E-state index contributed by atoms with van der Waals surface area (Å²) in [4.78, 5) is 12.5. The highest BCUT2D eigenvalue weighted by atomic mass is 35.5. The van der Waals surface area contributed by atoms with Gasteiger partial charge in [-0.05, 0) is 5.56 Å². The van der Waals surface area contributed by atoms with Gasteiger partial charge < -0.3 is 0 Å². The lowest BCUT2D eigenvalue weighted by Gasteiger charge is -2.18. The molecule has 0 saturated heterocycles. The van der Waals surface area contributed by atoms with Gasteiger partial charge in [-0.2, -0.15) is 13.2 Å². The molecule has 1 aromatic rings. The number of hydrogen-bond acceptors (Lipinski definition) is 1. The maximum absolute atomic E-state index is 12.5. The van der Waals surface area contributed by atoms with Crippen molar-refractivity contribution in [1.82, 2.24) is 4.84 Å². The Balaban J connectivity index is 3.08. The second-order valence-corrected chi connectivity index (χ2v) is 3.03. The van der Waals surface area contributed by atoms with E-state index >= 15 is 0 Å². The molecule has 0 bridgehead atoms. The Morgan fingerprint density at radius 2 is 1.80 bits per heavy atom. The third kappa shape index (κ3) is 2.86. The summed E-state index contributed by atoms with van der Waals surface area (Å²) in [5, 5.41) is 0. The van der Waals surface area contributed by atoms with Gasteiger partial charge in [-0.3, -0.25) is 9.63 Å². The first kappa shape index (κ1) is 11.8. The van der Waals surface area contributed by atoms with Crippen molar-refractivity contribution in [2.24, 2.45) is 0 Å². The van der Waals surface area contributed by atoms with Crippen molar-refractivity contribution in [3.8, 4) is 0 Å². The minimum atomic E-state index is -4.65. The Morgan fingerprint density at radius 1 is 1.27 bits per heavy atom. The molecule has 1 N–H and O–H groups in total. The fourth-order valence-electron chi connectivity index (χ4n) is 1.19. The van der Waals surface area contributed by atoms with Crippen LogP contribution in [0.25, 0.3) is 0 Å². The van der Waals surface area contributed by atoms with Crippen LogP contribution in [0.4, 0.5) is 13.2 Å². The normalized spacial score (nSPS) is 13.3. The minimum absolute atomic E-state index is 0.136. The van der Waals surface area contributed by atoms with Gasteiger partial charge in [0.05, 0.1) is 0 Å². The Bertz CT molecular complexity index is 339. The number of hydrogen-bond donors (Lipinski definition) is 1. The minimum Gasteiger partial charge on any atom is -0.273 e. The van der Waals surface area contributed by atoms with E-state index in [-0.39, 0.29) is 5.56 Å². The summed E-state index contributed by atoms with van der Waals surface area (Å²) in [5.74, 6) is -3.51. The molecule has 0 saturated carbocycles. The van der Waals surface area contributed by atoms with E-state index in [9.17, 15) is 18.0 Å². The standard InChI is InChI=1S/C9H7ClF3NO/c10-14-8(15)7(9(11,12)13)6-4-2-1-3-5-6/h1-5,7H,(H,14,15). The molecule has 2 nitrogen and oxygen atoms in total. The van der Waals surface area contributed by atoms with Gasteiger partial charge in [0.1, 0.15) is 0 Å². The summed E-state index contributed by atoms with van der Waals surface area (Å²) in [6.45, 7) is 0. The Labute approximate surface area is 89.1 Å². The van der Waals surface area contributed by atoms with Crippen molar-refractivity contribution in [3.05, 3.63) is 35.9 Å². The van der Waals surface area contributed by atoms with Crippen molar-refractivity contribution in [2.45, 2.75) is 12.1 Å². The molecule has 1 atom stereocenters. The molecule has 15 heavy (non-hydrogen) atoms. The Hall–Kier alpha value is -1.23. The summed E-state index contributed by atoms with van der Waals surface area (Å²) >= 11 is 4.90. The predicted octanol–water partition coefficient (Wildman–Crippen LogP) is 2.60. The number of carbonyl (C=O) groups is 1. The van der Waals surface area contributed by atoms with Crippen LogP contribution in [0.3, 0.4) is 0 Å². The maximum atomic E-state index is 12.5. The van der Waals surface area contributed by atoms with Crippen LogP contribution < -0.4 is 4.84 Å². The quantitative estimate of drug-likeness (QED) is 0.787. The first-order valence-corrected chi connectivity index (χ1v) is 4.36. The van der Waals surface area contributed by atoms with E-state index in [0.717, 1.165) is 0 Å². The van der Waals surface area contributed by atoms with E-state index in [1.165, 1.54) is 29.1 Å². The van der Waals surface area contributed by atoms with E-state index in [4.69, 9.17) is 11.8 Å². The zero-order chi connectivity index (χ0) is 11.5. The van der Waals surface area contributed by atoms with E-state index in [0.29, 0.717) is 0 Å². The molecule has 1 amide bonds. The van der Waals surface area contributed by atoms with E-state index in [1.807, 2.05) is 0 Å². The van der Waals surface area contributed by atoms with Crippen LogP contribution in [0, 0.1) is 0 Å². The molecule has 1 unspecified atom stereocenters. The number of rotatable bonds is 2. The molecule has 0 aliphatic heterocycles. The smallest absolute Gasteiger partial charge is 0.273 e. The second kappa shape index (κ2) is 4.53. The van der Waals surface area contributed by atoms with Crippen molar-refractivity contribution in [2.75, 3.05) is 0 Å². The van der Waals surface area contributed by atoms with Crippen LogP contribution in [0.5, 0.6) is 0 Å². The molecule has 82 valence electrons. The van der Waals surface area contributed by atoms with Crippen molar-refractivity contribution in [3.63, 3.8) is 0 Å². The van der Waals surface area contributed by atoms with Crippen LogP contribution in [-0.4, -0.2) is 12.1 Å². The van der Waals surface area contributed by atoms with Crippen molar-refractivity contribution >= 4 is 17.7 Å². The molecule has 0 radical (unpaired) electrons. The topological polar surface area (TPSA) is 29.1 Å². The molecule has 1 rings (SSSR count). The lowest BCUT2D eigenvalue weighted by atomic mass is 9.98. The zero-order valence-electron chi connectivity index (χ0n) is 7.38. The van der Waals surface area contributed by atoms with Crippen LogP contribution in [0.2, 0.25) is 0 Å². The van der Waals surface area contributed by atoms with Gasteiger partial charge in [-0.15, -0.1) is 0 Å². The zero-order valence-corrected chi connectivity index (χ0v) is 8.14. The predicted molar refractivity (Wildman–Crippen MR) is 49.2 cm³/mol. The highest BCUT2D eigenvalue weighted by Gasteiger charge is 2.45. The van der Waals surface area contributed by atoms with E-state index in [1.54, 1.807) is 6.07 Å². The third-order valence-corrected chi connectivity index (χ3v) is 2.00. The molecular formula is C9H7ClF3NO. The number of halogens is 4. The first-order chi connectivity index (χ1) is 6.96. The summed E-state index contributed by atoms with van der Waals surface area (Å²) in [6.07, 6.45) is -4.65. The lowest BCUT2D eigenvalue weighted by Crippen LogP contribution is -2.33. The first-order valence-electron chi connectivity index (χ1n) is 3.99. The monoisotopic (exact) mass is 237 g/mol. The lowest BCUT2D eigenvalue weighted by molar-refractivity contribution is -0.163. The SMILES string of the molecule is O=C(NCl)C(c1ccccc1)C(F)(F)F. The molecule has 0 aliphatic rings. The molecule has 0 aliphatic carbocycles.